The lowest BCUT2D eigenvalue weighted by Gasteiger charge is -2.07. The number of rotatable bonds is 5. The van der Waals surface area contributed by atoms with E-state index in [-0.39, 0.29) is 12.5 Å². The van der Waals surface area contributed by atoms with Gasteiger partial charge in [0.05, 0.1) is 12.7 Å². The molecule has 1 aromatic carbocycles. The summed E-state index contributed by atoms with van der Waals surface area (Å²) in [4.78, 5) is 23.0. The number of nitrogens with one attached hydrogen (secondary N) is 1. The van der Waals surface area contributed by atoms with Crippen LogP contribution in [-0.2, 0) is 9.53 Å². The molecule has 0 unspecified atom stereocenters. The van der Waals surface area contributed by atoms with Crippen LogP contribution in [0.1, 0.15) is 16.1 Å². The van der Waals surface area contributed by atoms with E-state index in [0.717, 1.165) is 0 Å². The molecule has 0 radical (unpaired) electrons. The predicted molar refractivity (Wildman–Crippen MR) is 73.1 cm³/mol. The average molecular weight is 290 g/mol. The Hall–Kier alpha value is -2.83. The van der Waals surface area contributed by atoms with Crippen LogP contribution in [0.3, 0.4) is 0 Å². The van der Waals surface area contributed by atoms with E-state index in [1.54, 1.807) is 31.2 Å². The molecule has 0 saturated carbocycles. The molecule has 0 aliphatic carbocycles. The highest BCUT2D eigenvalue weighted by Crippen LogP contribution is 2.14. The molecular weight excluding hydrogens is 276 g/mol. The lowest BCUT2D eigenvalue weighted by Crippen LogP contribution is -2.20. The number of amides is 1. The van der Waals surface area contributed by atoms with Crippen LogP contribution in [-0.4, -0.2) is 30.7 Å². The Labute approximate surface area is 120 Å². The molecule has 0 saturated heterocycles. The standard InChI is InChI=1S/C14H14N2O5/c1-9-6-12(16-21-9)15-13(17)8-20-11-5-3-4-10(7-11)14(18)19-2/h3-7H,8H2,1-2H3,(H,15,16,17). The van der Waals surface area contributed by atoms with Gasteiger partial charge in [0.15, 0.2) is 12.4 Å². The molecule has 1 N–H and O–H groups in total. The fourth-order valence-corrected chi connectivity index (χ4v) is 1.58. The van der Waals surface area contributed by atoms with Crippen molar-refractivity contribution in [3.8, 4) is 5.75 Å². The Bertz CT molecular complexity index is 650. The summed E-state index contributed by atoms with van der Waals surface area (Å²) in [6.45, 7) is 1.51. The molecule has 7 heteroatoms. The first-order valence-electron chi connectivity index (χ1n) is 6.13. The Balaban J connectivity index is 1.90. The minimum Gasteiger partial charge on any atom is -0.484 e. The van der Waals surface area contributed by atoms with Crippen molar-refractivity contribution in [2.75, 3.05) is 19.0 Å². The zero-order valence-corrected chi connectivity index (χ0v) is 11.6. The van der Waals surface area contributed by atoms with E-state index < -0.39 is 5.97 Å². The summed E-state index contributed by atoms with van der Waals surface area (Å²) in [6.07, 6.45) is 0. The summed E-state index contributed by atoms with van der Waals surface area (Å²) < 4.78 is 14.7. The van der Waals surface area contributed by atoms with E-state index in [2.05, 4.69) is 15.2 Å². The zero-order valence-electron chi connectivity index (χ0n) is 11.6. The second-order valence-electron chi connectivity index (χ2n) is 4.18. The topological polar surface area (TPSA) is 90.7 Å². The number of ether oxygens (including phenoxy) is 2. The van der Waals surface area contributed by atoms with Crippen LogP contribution < -0.4 is 10.1 Å². The van der Waals surface area contributed by atoms with E-state index in [9.17, 15) is 9.59 Å². The van der Waals surface area contributed by atoms with Crippen LogP contribution in [0.15, 0.2) is 34.9 Å². The molecule has 1 heterocycles. The first-order valence-corrected chi connectivity index (χ1v) is 6.13. The molecule has 110 valence electrons. The van der Waals surface area contributed by atoms with E-state index in [1.165, 1.54) is 13.2 Å². The average Bonchev–Trinajstić information content (AvgIpc) is 2.89. The number of carbonyl (C=O) groups excluding carboxylic acids is 2. The number of aryl methyl sites for hydroxylation is 1. The molecule has 21 heavy (non-hydrogen) atoms. The Kier molecular flexibility index (Phi) is 4.55. The van der Waals surface area contributed by atoms with Gasteiger partial charge in [-0.1, -0.05) is 11.2 Å². The van der Waals surface area contributed by atoms with Gasteiger partial charge >= 0.3 is 5.97 Å². The van der Waals surface area contributed by atoms with Crippen molar-refractivity contribution < 1.29 is 23.6 Å². The van der Waals surface area contributed by atoms with Crippen molar-refractivity contribution in [3.63, 3.8) is 0 Å². The number of anilines is 1. The van der Waals surface area contributed by atoms with Crippen LogP contribution in [0.4, 0.5) is 5.82 Å². The maximum absolute atomic E-state index is 11.7. The van der Waals surface area contributed by atoms with Gasteiger partial charge in [-0.15, -0.1) is 0 Å². The van der Waals surface area contributed by atoms with Crippen LogP contribution in [0.5, 0.6) is 5.75 Å². The number of nitrogens with zero attached hydrogens (tertiary/aromatic N) is 1. The van der Waals surface area contributed by atoms with E-state index in [4.69, 9.17) is 9.26 Å². The van der Waals surface area contributed by atoms with E-state index in [1.807, 2.05) is 0 Å². The van der Waals surface area contributed by atoms with Crippen LogP contribution >= 0.6 is 0 Å². The van der Waals surface area contributed by atoms with Crippen molar-refractivity contribution >= 4 is 17.7 Å². The molecular formula is C14H14N2O5. The van der Waals surface area contributed by atoms with Crippen LogP contribution in [0.25, 0.3) is 0 Å². The Morgan fingerprint density at radius 3 is 2.81 bits per heavy atom. The van der Waals surface area contributed by atoms with Crippen LogP contribution in [0.2, 0.25) is 0 Å². The third-order valence-corrected chi connectivity index (χ3v) is 2.52. The van der Waals surface area contributed by atoms with E-state index in [0.29, 0.717) is 22.9 Å². The molecule has 7 nitrogen and oxygen atoms in total. The number of carbonyl (C=O) groups is 2. The maximum atomic E-state index is 11.7. The second kappa shape index (κ2) is 6.56. The lowest BCUT2D eigenvalue weighted by atomic mass is 10.2. The number of benzene rings is 1. The first-order chi connectivity index (χ1) is 10.1. The molecule has 0 fully saturated rings. The fourth-order valence-electron chi connectivity index (χ4n) is 1.58. The van der Waals surface area contributed by atoms with Crippen molar-refractivity contribution in [3.05, 3.63) is 41.7 Å². The largest absolute Gasteiger partial charge is 0.484 e. The smallest absolute Gasteiger partial charge is 0.337 e. The van der Waals surface area contributed by atoms with Crippen LogP contribution in [0, 0.1) is 6.92 Å². The first kappa shape index (κ1) is 14.6. The highest BCUT2D eigenvalue weighted by molar-refractivity contribution is 5.91. The highest BCUT2D eigenvalue weighted by atomic mass is 16.5. The molecule has 1 aromatic heterocycles. The van der Waals surface area contributed by atoms with Crippen molar-refractivity contribution in [2.24, 2.45) is 0 Å². The summed E-state index contributed by atoms with van der Waals surface area (Å²) >= 11 is 0. The van der Waals surface area contributed by atoms with Gasteiger partial charge in [-0.2, -0.15) is 0 Å². The maximum Gasteiger partial charge on any atom is 0.337 e. The summed E-state index contributed by atoms with van der Waals surface area (Å²) in [7, 11) is 1.29. The van der Waals surface area contributed by atoms with Gasteiger partial charge in [0.1, 0.15) is 11.5 Å². The summed E-state index contributed by atoms with van der Waals surface area (Å²) in [5, 5.41) is 6.16. The van der Waals surface area contributed by atoms with Crippen molar-refractivity contribution in [2.45, 2.75) is 6.92 Å². The van der Waals surface area contributed by atoms with E-state index >= 15 is 0 Å². The number of hydrogen-bond acceptors (Lipinski definition) is 6. The van der Waals surface area contributed by atoms with Crippen molar-refractivity contribution in [1.29, 1.82) is 0 Å². The van der Waals surface area contributed by atoms with Gasteiger partial charge in [0.2, 0.25) is 0 Å². The predicted octanol–water partition coefficient (Wildman–Crippen LogP) is 1.79. The number of aromatic nitrogens is 1. The van der Waals surface area contributed by atoms with Gasteiger partial charge in [0.25, 0.3) is 5.91 Å². The minimum absolute atomic E-state index is 0.212. The zero-order chi connectivity index (χ0) is 15.2. The normalized spacial score (nSPS) is 10.0. The monoisotopic (exact) mass is 290 g/mol. The molecule has 1 amide bonds. The molecule has 0 spiro atoms. The Morgan fingerprint density at radius 1 is 1.33 bits per heavy atom. The SMILES string of the molecule is COC(=O)c1cccc(OCC(=O)Nc2cc(C)on2)c1. The third-order valence-electron chi connectivity index (χ3n) is 2.52. The number of esters is 1. The summed E-state index contributed by atoms with van der Waals surface area (Å²) in [6, 6.07) is 7.96. The fraction of sp³-hybridized carbons (Fsp3) is 0.214. The van der Waals surface area contributed by atoms with Gasteiger partial charge in [-0.25, -0.2) is 4.79 Å². The summed E-state index contributed by atoms with van der Waals surface area (Å²) in [5.41, 5.74) is 0.350. The molecule has 2 aromatic rings. The molecule has 0 aliphatic heterocycles. The third kappa shape index (κ3) is 4.07. The minimum atomic E-state index is -0.469. The molecule has 0 aliphatic rings. The Morgan fingerprint density at radius 2 is 2.14 bits per heavy atom. The van der Waals surface area contributed by atoms with Gasteiger partial charge in [-0.3, -0.25) is 4.79 Å². The van der Waals surface area contributed by atoms with Crippen molar-refractivity contribution in [1.82, 2.24) is 5.16 Å². The summed E-state index contributed by atoms with van der Waals surface area (Å²) in [5.74, 6) is 0.459. The number of methoxy groups -OCH3 is 1. The van der Waals surface area contributed by atoms with Gasteiger partial charge in [-0.05, 0) is 25.1 Å². The lowest BCUT2D eigenvalue weighted by molar-refractivity contribution is -0.118. The van der Waals surface area contributed by atoms with Gasteiger partial charge < -0.3 is 19.3 Å². The quantitative estimate of drug-likeness (QED) is 0.844. The molecule has 0 atom stereocenters. The molecule has 2 rings (SSSR count). The second-order valence-corrected chi connectivity index (χ2v) is 4.18. The highest BCUT2D eigenvalue weighted by Gasteiger charge is 2.09. The number of hydrogen-bond donors (Lipinski definition) is 1. The molecule has 0 bridgehead atoms. The van der Waals surface area contributed by atoms with Gasteiger partial charge in [0, 0.05) is 6.07 Å².